The Labute approximate surface area is 183 Å². The van der Waals surface area contributed by atoms with Gasteiger partial charge in [-0.2, -0.15) is 13.2 Å². The van der Waals surface area contributed by atoms with Gasteiger partial charge in [0.15, 0.2) is 0 Å². The van der Waals surface area contributed by atoms with E-state index in [9.17, 15) is 18.0 Å². The number of nitrogens with zero attached hydrogens (tertiary/aromatic N) is 2. The van der Waals surface area contributed by atoms with Crippen molar-refractivity contribution < 1.29 is 27.8 Å². The van der Waals surface area contributed by atoms with Crippen molar-refractivity contribution in [1.82, 2.24) is 9.97 Å². The van der Waals surface area contributed by atoms with Gasteiger partial charge < -0.3 is 15.2 Å². The molecule has 1 heterocycles. The third-order valence-electron chi connectivity index (χ3n) is 4.62. The number of halogens is 3. The van der Waals surface area contributed by atoms with Gasteiger partial charge in [0, 0.05) is 25.5 Å². The number of aliphatic hydroxyl groups excluding tert-OH is 1. The summed E-state index contributed by atoms with van der Waals surface area (Å²) in [6.45, 7) is 1.71. The Hall–Kier alpha value is -3.46. The van der Waals surface area contributed by atoms with Crippen LogP contribution < -0.4 is 10.1 Å². The molecule has 0 bridgehead atoms. The lowest BCUT2D eigenvalue weighted by atomic mass is 9.99. The van der Waals surface area contributed by atoms with Crippen LogP contribution in [-0.2, 0) is 23.8 Å². The van der Waals surface area contributed by atoms with Crippen molar-refractivity contribution in [3.63, 3.8) is 0 Å². The summed E-state index contributed by atoms with van der Waals surface area (Å²) in [6.07, 6.45) is -3.10. The van der Waals surface area contributed by atoms with Crippen molar-refractivity contribution in [1.29, 1.82) is 0 Å². The Morgan fingerprint density at radius 1 is 1.03 bits per heavy atom. The van der Waals surface area contributed by atoms with Gasteiger partial charge in [0.1, 0.15) is 23.7 Å². The van der Waals surface area contributed by atoms with Crippen molar-refractivity contribution >= 4 is 11.6 Å². The Kier molecular flexibility index (Phi) is 7.42. The molecule has 3 rings (SSSR count). The maximum absolute atomic E-state index is 13.1. The van der Waals surface area contributed by atoms with Gasteiger partial charge in [0.2, 0.25) is 5.88 Å². The van der Waals surface area contributed by atoms with Crippen LogP contribution in [0.2, 0.25) is 0 Å². The number of nitrogens with one attached hydrogen (secondary N) is 1. The summed E-state index contributed by atoms with van der Waals surface area (Å²) in [5.74, 6) is 1.13. The van der Waals surface area contributed by atoms with E-state index in [-0.39, 0.29) is 30.8 Å². The molecular weight excluding hydrogens is 423 g/mol. The van der Waals surface area contributed by atoms with Crippen molar-refractivity contribution in [2.24, 2.45) is 0 Å². The molecule has 0 amide bonds. The number of carbonyl (C=O) groups excluding carboxylic acids is 1. The number of aromatic nitrogens is 2. The molecular formula is C23H22F3N3O3. The number of anilines is 1. The first-order valence-electron chi connectivity index (χ1n) is 9.86. The fourth-order valence-electron chi connectivity index (χ4n) is 3.07. The molecule has 0 radical (unpaired) electrons. The standard InChI is InChI=1S/C23H22F3N3O3/c1-15-2-3-17(12-20(15)23(24,25)26)11-18(31)10-16-4-6-19(7-5-16)32-22-13-21(27-8-9-30)28-14-29-22/h2-7,12-14,30H,8-11H2,1H3,(H,27,28,29). The summed E-state index contributed by atoms with van der Waals surface area (Å²) < 4.78 is 44.9. The van der Waals surface area contributed by atoms with Crippen LogP contribution in [0.15, 0.2) is 54.9 Å². The molecule has 0 unspecified atom stereocenters. The van der Waals surface area contributed by atoms with Crippen LogP contribution in [0.25, 0.3) is 0 Å². The summed E-state index contributed by atoms with van der Waals surface area (Å²) >= 11 is 0. The Balaban J connectivity index is 1.59. The fourth-order valence-corrected chi connectivity index (χ4v) is 3.07. The zero-order valence-corrected chi connectivity index (χ0v) is 17.3. The Morgan fingerprint density at radius 2 is 1.72 bits per heavy atom. The van der Waals surface area contributed by atoms with E-state index in [0.717, 1.165) is 11.6 Å². The maximum atomic E-state index is 13.1. The van der Waals surface area contributed by atoms with Crippen LogP contribution in [0, 0.1) is 6.92 Å². The first kappa shape index (κ1) is 23.2. The van der Waals surface area contributed by atoms with Crippen LogP contribution in [0.5, 0.6) is 11.6 Å². The third-order valence-corrected chi connectivity index (χ3v) is 4.62. The number of alkyl halides is 3. The van der Waals surface area contributed by atoms with Gasteiger partial charge in [-0.3, -0.25) is 4.79 Å². The van der Waals surface area contributed by atoms with Gasteiger partial charge in [-0.05, 0) is 41.8 Å². The number of hydrogen-bond acceptors (Lipinski definition) is 6. The molecule has 0 aliphatic rings. The van der Waals surface area contributed by atoms with E-state index >= 15 is 0 Å². The molecule has 2 N–H and O–H groups in total. The van der Waals surface area contributed by atoms with Gasteiger partial charge in [-0.25, -0.2) is 9.97 Å². The number of carbonyl (C=O) groups is 1. The van der Waals surface area contributed by atoms with Crippen molar-refractivity contribution in [2.75, 3.05) is 18.5 Å². The Bertz CT molecular complexity index is 1070. The van der Waals surface area contributed by atoms with Gasteiger partial charge >= 0.3 is 6.18 Å². The normalized spacial score (nSPS) is 11.3. The van der Waals surface area contributed by atoms with E-state index in [0.29, 0.717) is 29.6 Å². The molecule has 0 atom stereocenters. The lowest BCUT2D eigenvalue weighted by Gasteiger charge is -2.12. The highest BCUT2D eigenvalue weighted by Gasteiger charge is 2.32. The predicted octanol–water partition coefficient (Wildman–Crippen LogP) is 4.35. The second kappa shape index (κ2) is 10.2. The van der Waals surface area contributed by atoms with Crippen LogP contribution in [0.4, 0.5) is 19.0 Å². The van der Waals surface area contributed by atoms with E-state index in [1.54, 1.807) is 36.4 Å². The summed E-state index contributed by atoms with van der Waals surface area (Å²) in [7, 11) is 0. The lowest BCUT2D eigenvalue weighted by Crippen LogP contribution is -2.11. The smallest absolute Gasteiger partial charge is 0.416 e. The number of aryl methyl sites for hydroxylation is 1. The second-order valence-corrected chi connectivity index (χ2v) is 7.18. The van der Waals surface area contributed by atoms with Gasteiger partial charge in [0.25, 0.3) is 0 Å². The molecule has 0 fully saturated rings. The SMILES string of the molecule is Cc1ccc(CC(=O)Cc2ccc(Oc3cc(NCCO)ncn3)cc2)cc1C(F)(F)F. The first-order valence-corrected chi connectivity index (χ1v) is 9.86. The van der Waals surface area contributed by atoms with E-state index in [1.165, 1.54) is 19.3 Å². The molecule has 0 saturated heterocycles. The molecule has 168 valence electrons. The average Bonchev–Trinajstić information content (AvgIpc) is 2.74. The van der Waals surface area contributed by atoms with E-state index in [1.807, 2.05) is 0 Å². The fraction of sp³-hybridized carbons (Fsp3) is 0.261. The minimum atomic E-state index is -4.45. The molecule has 0 spiro atoms. The van der Waals surface area contributed by atoms with E-state index < -0.39 is 11.7 Å². The van der Waals surface area contributed by atoms with Gasteiger partial charge in [-0.1, -0.05) is 24.3 Å². The largest absolute Gasteiger partial charge is 0.439 e. The number of ether oxygens (including phenoxy) is 1. The highest BCUT2D eigenvalue weighted by atomic mass is 19.4. The zero-order valence-electron chi connectivity index (χ0n) is 17.3. The number of Topliss-reactive ketones (excluding diaryl/α,β-unsaturated/α-hetero) is 1. The number of ketones is 1. The number of benzene rings is 2. The van der Waals surface area contributed by atoms with E-state index in [2.05, 4.69) is 15.3 Å². The number of hydrogen-bond donors (Lipinski definition) is 2. The third kappa shape index (κ3) is 6.52. The first-order chi connectivity index (χ1) is 15.2. The molecule has 6 nitrogen and oxygen atoms in total. The molecule has 0 saturated carbocycles. The lowest BCUT2D eigenvalue weighted by molar-refractivity contribution is -0.138. The van der Waals surface area contributed by atoms with Crippen molar-refractivity contribution in [3.8, 4) is 11.6 Å². The molecule has 2 aromatic carbocycles. The molecule has 3 aromatic rings. The molecule has 9 heteroatoms. The second-order valence-electron chi connectivity index (χ2n) is 7.18. The zero-order chi connectivity index (χ0) is 23.1. The van der Waals surface area contributed by atoms with Crippen LogP contribution >= 0.6 is 0 Å². The van der Waals surface area contributed by atoms with E-state index in [4.69, 9.17) is 9.84 Å². The molecule has 0 aliphatic heterocycles. The van der Waals surface area contributed by atoms with Crippen molar-refractivity contribution in [2.45, 2.75) is 25.9 Å². The summed E-state index contributed by atoms with van der Waals surface area (Å²) in [6, 6.07) is 12.4. The highest BCUT2D eigenvalue weighted by molar-refractivity contribution is 5.83. The van der Waals surface area contributed by atoms with Crippen LogP contribution in [0.1, 0.15) is 22.3 Å². The number of aliphatic hydroxyl groups is 1. The van der Waals surface area contributed by atoms with Crippen LogP contribution in [0.3, 0.4) is 0 Å². The average molecular weight is 445 g/mol. The highest BCUT2D eigenvalue weighted by Crippen LogP contribution is 2.32. The summed E-state index contributed by atoms with van der Waals surface area (Å²) in [4.78, 5) is 20.4. The molecule has 32 heavy (non-hydrogen) atoms. The topological polar surface area (TPSA) is 84.3 Å². The minimum Gasteiger partial charge on any atom is -0.439 e. The minimum absolute atomic E-state index is 0.0339. The van der Waals surface area contributed by atoms with Gasteiger partial charge in [-0.15, -0.1) is 0 Å². The summed E-state index contributed by atoms with van der Waals surface area (Å²) in [5.41, 5.74) is 0.466. The molecule has 0 aliphatic carbocycles. The van der Waals surface area contributed by atoms with Crippen LogP contribution in [-0.4, -0.2) is 34.0 Å². The maximum Gasteiger partial charge on any atom is 0.416 e. The van der Waals surface area contributed by atoms with Gasteiger partial charge in [0.05, 0.1) is 12.2 Å². The Morgan fingerprint density at radius 3 is 2.41 bits per heavy atom. The predicted molar refractivity (Wildman–Crippen MR) is 113 cm³/mol. The quantitative estimate of drug-likeness (QED) is 0.509. The number of rotatable bonds is 9. The molecule has 1 aromatic heterocycles. The summed E-state index contributed by atoms with van der Waals surface area (Å²) in [5, 5.41) is 11.8. The van der Waals surface area contributed by atoms with Crippen molar-refractivity contribution in [3.05, 3.63) is 77.1 Å². The monoisotopic (exact) mass is 445 g/mol.